The van der Waals surface area contributed by atoms with Gasteiger partial charge >= 0.3 is 11.9 Å². The summed E-state index contributed by atoms with van der Waals surface area (Å²) in [4.78, 5) is 41.8. The molecule has 0 aliphatic heterocycles. The first-order chi connectivity index (χ1) is 20.5. The number of aliphatic carboxylic acids is 1. The Bertz CT molecular complexity index is 780. The Labute approximate surface area is 517 Å². The van der Waals surface area contributed by atoms with Crippen molar-refractivity contribution in [3.05, 3.63) is 25.3 Å². The summed E-state index contributed by atoms with van der Waals surface area (Å²) in [5, 5.41) is 29.1. The minimum atomic E-state index is -0.834. The monoisotopic (exact) mass is 1340 g/mol. The smallest absolute Gasteiger partial charge is 0.305 e. The second-order valence-electron chi connectivity index (χ2n) is 10.9. The Kier molecular flexibility index (Phi) is 110. The molecule has 0 rings (SSSR count). The Morgan fingerprint density at radius 2 is 1.00 bits per heavy atom. The Balaban J connectivity index is -0.0000000393. The van der Waals surface area contributed by atoms with E-state index in [0.29, 0.717) is 12.5 Å². The Morgan fingerprint density at radius 1 is 0.635 bits per heavy atom. The quantitative estimate of drug-likeness (QED) is 0.0776. The fourth-order valence-corrected chi connectivity index (χ4v) is 3.05. The first-order valence-electron chi connectivity index (χ1n) is 14.7. The van der Waals surface area contributed by atoms with Crippen LogP contribution in [0.2, 0.25) is 0 Å². The molecule has 0 aliphatic carbocycles. The number of hydrogen-bond donors (Lipinski definition) is 6. The SMILES string of the molecule is C=[C-][C@H](CC(=O)O)NC(C)C.C=[C-][C@H](CO)NC(C)C.COC(=O)CC[C@@H]([C-]=O)NC(C)C.CO[C@H](C)[C@@H]([C-]=O)NC(C)C.[Y].[Y].[Y].[Y].[Y].[Y].[Y].[Y]. The number of ether oxygens (including phenoxy) is 2. The van der Waals surface area contributed by atoms with E-state index in [0.717, 1.165) is 0 Å². The number of carbonyl (C=O) groups excluding carboxylic acids is 3. The summed E-state index contributed by atoms with van der Waals surface area (Å²) in [7, 11) is 2.91. The Hall–Kier alpha value is 6.35. The zero-order valence-corrected chi connectivity index (χ0v) is 56.1. The van der Waals surface area contributed by atoms with Gasteiger partial charge in [-0.15, -0.1) is 12.1 Å². The third kappa shape index (κ3) is 70.9. The summed E-state index contributed by atoms with van der Waals surface area (Å²) < 4.78 is 9.43. The minimum Gasteiger partial charge on any atom is -0.540 e. The van der Waals surface area contributed by atoms with E-state index in [1.165, 1.54) is 7.11 Å². The molecule has 5 atom stereocenters. The van der Waals surface area contributed by atoms with E-state index < -0.39 is 5.97 Å². The van der Waals surface area contributed by atoms with Crippen molar-refractivity contribution in [2.45, 2.75) is 136 Å². The molecule has 0 spiro atoms. The molecule has 8 radical (unpaired) electrons. The van der Waals surface area contributed by atoms with Crippen LogP contribution in [0.15, 0.2) is 13.2 Å². The third-order valence-corrected chi connectivity index (χ3v) is 5.15. The summed E-state index contributed by atoms with van der Waals surface area (Å²) in [6.07, 6.45) is 9.65. The molecular weight excluding hydrogens is 1280 g/mol. The topological polar surface area (TPSA) is 175 Å². The fraction of sp³-hybridized carbons (Fsp3) is 0.750. The van der Waals surface area contributed by atoms with E-state index in [1.807, 2.05) is 74.9 Å². The maximum absolute atomic E-state index is 10.7. The van der Waals surface area contributed by atoms with Crippen molar-refractivity contribution in [2.24, 2.45) is 0 Å². The molecule has 0 unspecified atom stereocenters. The number of aliphatic hydroxyl groups excluding tert-OH is 1. The summed E-state index contributed by atoms with van der Waals surface area (Å²) in [5.41, 5.74) is 0. The molecule has 0 aliphatic rings. The van der Waals surface area contributed by atoms with Gasteiger partial charge in [-0.05, 0) is 31.1 Å². The van der Waals surface area contributed by atoms with Gasteiger partial charge in [0.15, 0.2) is 0 Å². The van der Waals surface area contributed by atoms with Crippen molar-refractivity contribution in [3.8, 4) is 0 Å². The van der Waals surface area contributed by atoms with E-state index >= 15 is 0 Å². The normalized spacial score (nSPS) is 11.8. The van der Waals surface area contributed by atoms with E-state index in [9.17, 15) is 19.2 Å². The zero-order valence-electron chi connectivity index (χ0n) is 33.4. The summed E-state index contributed by atoms with van der Waals surface area (Å²) in [6, 6.07) is 0.102. The fourth-order valence-electron chi connectivity index (χ4n) is 3.05. The molecule has 284 valence electrons. The van der Waals surface area contributed by atoms with Gasteiger partial charge < -0.3 is 62.7 Å². The van der Waals surface area contributed by atoms with E-state index in [4.69, 9.17) is 14.9 Å². The Morgan fingerprint density at radius 3 is 1.23 bits per heavy atom. The van der Waals surface area contributed by atoms with Crippen molar-refractivity contribution in [2.75, 3.05) is 20.8 Å². The average Bonchev–Trinajstić information content (AvgIpc) is 2.95. The summed E-state index contributed by atoms with van der Waals surface area (Å²) in [5.74, 6) is -1.13. The number of hydrogen-bond acceptors (Lipinski definition) is 11. The molecule has 12 nitrogen and oxygen atoms in total. The number of carbonyl (C=O) groups is 2. The number of rotatable bonds is 20. The predicted molar refractivity (Wildman–Crippen MR) is 174 cm³/mol. The van der Waals surface area contributed by atoms with E-state index in [-0.39, 0.29) is 335 Å². The van der Waals surface area contributed by atoms with Crippen molar-refractivity contribution in [1.82, 2.24) is 21.3 Å². The van der Waals surface area contributed by atoms with Gasteiger partial charge in [0.25, 0.3) is 0 Å². The third-order valence-electron chi connectivity index (χ3n) is 5.15. The standard InChI is InChI=1S/C9H16NO3.C8H16NO2.C8H14NO2.C7H14NO.8Y/c1-7(2)10-8(6-11)4-5-9(12)13-3;1-6(2)9-8(5-10)7(3)11-4;1-4-7(5-8(10)11)9-6(2)3;1-4-7(5-9)8-6(2)3;;;;;;;;/h7-8,10H,4-5H2,1-3H3;6-9H,1-4H3;6-7,9H,1,5H2,2-3H3,(H,10,11);6-9H,1,5H2,2-3H3;;;;;;;;/q4*-1;;;;;;;;/t8-;7-,8-;2*7-;;;;;;;;/m0111......../s1. The van der Waals surface area contributed by atoms with Crippen LogP contribution in [0.5, 0.6) is 0 Å². The van der Waals surface area contributed by atoms with Gasteiger partial charge in [-0.25, -0.2) is 12.6 Å². The average molecular weight is 1340 g/mol. The second-order valence-corrected chi connectivity index (χ2v) is 10.9. The number of esters is 1. The molecule has 0 aromatic rings. The van der Waals surface area contributed by atoms with Gasteiger partial charge in [-0.3, -0.25) is 22.7 Å². The molecule has 0 aromatic carbocycles. The largest absolute Gasteiger partial charge is 0.540 e. The first-order valence-corrected chi connectivity index (χ1v) is 14.7. The molecule has 20 heteroatoms. The van der Waals surface area contributed by atoms with Crippen LogP contribution in [0.1, 0.15) is 81.6 Å². The van der Waals surface area contributed by atoms with Gasteiger partial charge in [0.2, 0.25) is 0 Å². The zero-order chi connectivity index (χ0) is 35.3. The number of carboxylic acid groups (broad SMARTS) is 1. The molecule has 52 heavy (non-hydrogen) atoms. The number of methoxy groups -OCH3 is 2. The molecule has 0 saturated carbocycles. The number of nitrogens with one attached hydrogen (secondary N) is 4. The van der Waals surface area contributed by atoms with E-state index in [1.54, 1.807) is 7.11 Å². The molecule has 6 N–H and O–H groups in total. The molecule has 0 saturated heterocycles. The van der Waals surface area contributed by atoms with Crippen molar-refractivity contribution in [1.29, 1.82) is 0 Å². The molecule has 0 heterocycles. The predicted octanol–water partition coefficient (Wildman–Crippen LogP) is 2.04. The first kappa shape index (κ1) is 89.3. The van der Waals surface area contributed by atoms with Crippen molar-refractivity contribution in [3.63, 3.8) is 0 Å². The van der Waals surface area contributed by atoms with Gasteiger partial charge in [0, 0.05) is 294 Å². The van der Waals surface area contributed by atoms with Crippen LogP contribution in [0, 0.1) is 12.2 Å². The van der Waals surface area contributed by atoms with Gasteiger partial charge in [0.1, 0.15) is 0 Å². The van der Waals surface area contributed by atoms with E-state index in [2.05, 4.69) is 51.3 Å². The van der Waals surface area contributed by atoms with Gasteiger partial charge in [-0.1, -0.05) is 73.9 Å². The molecular formula is C32H60N4O8Y8-4. The summed E-state index contributed by atoms with van der Waals surface area (Å²) >= 11 is 0. The second kappa shape index (κ2) is 64.0. The minimum absolute atomic E-state index is 0. The molecule has 0 aromatic heterocycles. The van der Waals surface area contributed by atoms with Crippen LogP contribution in [-0.4, -0.2) is 110 Å². The van der Waals surface area contributed by atoms with Crippen molar-refractivity contribution >= 4 is 24.5 Å². The van der Waals surface area contributed by atoms with Crippen LogP contribution in [0.3, 0.4) is 0 Å². The van der Waals surface area contributed by atoms with Gasteiger partial charge in [0.05, 0.1) is 7.11 Å². The maximum atomic E-state index is 10.7. The number of aliphatic hydroxyl groups is 1. The molecule has 0 bridgehead atoms. The summed E-state index contributed by atoms with van der Waals surface area (Å²) in [6.45, 7) is 24.5. The number of carboxylic acids is 1. The van der Waals surface area contributed by atoms with Crippen molar-refractivity contribution < 1.29 is 301 Å². The van der Waals surface area contributed by atoms with Gasteiger partial charge in [-0.2, -0.15) is 0 Å². The van der Waals surface area contributed by atoms with Crippen LogP contribution in [0.4, 0.5) is 0 Å². The maximum Gasteiger partial charge on any atom is 0.305 e. The molecule has 0 fully saturated rings. The van der Waals surface area contributed by atoms with Crippen LogP contribution in [0.25, 0.3) is 0 Å². The van der Waals surface area contributed by atoms with Crippen LogP contribution < -0.4 is 21.3 Å². The molecule has 0 amide bonds. The van der Waals surface area contributed by atoms with Crippen LogP contribution >= 0.6 is 0 Å². The van der Waals surface area contributed by atoms with Crippen LogP contribution in [-0.2, 0) is 290 Å².